The second kappa shape index (κ2) is 6.42. The van der Waals surface area contributed by atoms with Crippen LogP contribution in [0.15, 0.2) is 78.9 Å². The lowest BCUT2D eigenvalue weighted by atomic mass is 10.2. The third-order valence-electron chi connectivity index (χ3n) is 3.26. The van der Waals surface area contributed by atoms with E-state index in [1.54, 1.807) is 7.11 Å². The Bertz CT molecular complexity index is 783. The Kier molecular flexibility index (Phi) is 4.17. The number of fused-ring (bicyclic) bond motifs is 3. The SMILES string of the molecule is COc1ccccc1.c1ccc2c(c1)sc1ccccc12. The van der Waals surface area contributed by atoms with Crippen molar-refractivity contribution in [3.05, 3.63) is 78.9 Å². The Hall–Kier alpha value is -2.32. The summed E-state index contributed by atoms with van der Waals surface area (Å²) in [6.45, 7) is 0. The van der Waals surface area contributed by atoms with Crippen LogP contribution in [0.4, 0.5) is 0 Å². The van der Waals surface area contributed by atoms with Crippen molar-refractivity contribution in [3.63, 3.8) is 0 Å². The van der Waals surface area contributed by atoms with E-state index in [1.165, 1.54) is 20.2 Å². The Morgan fingerprint density at radius 1 is 0.619 bits per heavy atom. The lowest BCUT2D eigenvalue weighted by Gasteiger charge is -1.93. The Morgan fingerprint density at radius 3 is 1.57 bits per heavy atom. The first-order valence-electron chi connectivity index (χ1n) is 6.84. The topological polar surface area (TPSA) is 9.23 Å². The molecule has 4 aromatic rings. The van der Waals surface area contributed by atoms with Crippen LogP contribution in [0.1, 0.15) is 0 Å². The van der Waals surface area contributed by atoms with Gasteiger partial charge in [0.05, 0.1) is 7.11 Å². The van der Waals surface area contributed by atoms with Gasteiger partial charge in [-0.2, -0.15) is 0 Å². The Balaban J connectivity index is 0.000000143. The van der Waals surface area contributed by atoms with E-state index in [2.05, 4.69) is 48.5 Å². The predicted octanol–water partition coefficient (Wildman–Crippen LogP) is 5.75. The number of thiophene rings is 1. The quantitative estimate of drug-likeness (QED) is 0.434. The highest BCUT2D eigenvalue weighted by atomic mass is 32.1. The fraction of sp³-hybridized carbons (Fsp3) is 0.0526. The van der Waals surface area contributed by atoms with Crippen molar-refractivity contribution >= 4 is 31.5 Å². The van der Waals surface area contributed by atoms with Gasteiger partial charge in [-0.1, -0.05) is 54.6 Å². The molecule has 3 aromatic carbocycles. The zero-order valence-electron chi connectivity index (χ0n) is 11.8. The average molecular weight is 292 g/mol. The van der Waals surface area contributed by atoms with Gasteiger partial charge in [-0.05, 0) is 24.3 Å². The lowest BCUT2D eigenvalue weighted by Crippen LogP contribution is -1.78. The summed E-state index contributed by atoms with van der Waals surface area (Å²) in [5.41, 5.74) is 0. The average Bonchev–Trinajstić information content (AvgIpc) is 2.95. The molecule has 0 amide bonds. The lowest BCUT2D eigenvalue weighted by molar-refractivity contribution is 0.415. The maximum absolute atomic E-state index is 4.91. The van der Waals surface area contributed by atoms with Crippen LogP contribution in [0, 0.1) is 0 Å². The number of methoxy groups -OCH3 is 1. The smallest absolute Gasteiger partial charge is 0.118 e. The zero-order valence-corrected chi connectivity index (χ0v) is 12.6. The molecule has 0 bridgehead atoms. The van der Waals surface area contributed by atoms with Gasteiger partial charge in [0.1, 0.15) is 5.75 Å². The molecule has 104 valence electrons. The first-order valence-corrected chi connectivity index (χ1v) is 7.65. The molecule has 0 aliphatic carbocycles. The molecular formula is C19H16OS. The maximum atomic E-state index is 4.91. The maximum Gasteiger partial charge on any atom is 0.118 e. The molecule has 2 heteroatoms. The van der Waals surface area contributed by atoms with Crippen LogP contribution in [0.3, 0.4) is 0 Å². The summed E-state index contributed by atoms with van der Waals surface area (Å²) in [6.07, 6.45) is 0. The molecule has 0 spiro atoms. The summed E-state index contributed by atoms with van der Waals surface area (Å²) < 4.78 is 7.67. The summed E-state index contributed by atoms with van der Waals surface area (Å²) in [7, 11) is 1.66. The van der Waals surface area contributed by atoms with Crippen molar-refractivity contribution in [1.29, 1.82) is 0 Å². The van der Waals surface area contributed by atoms with Gasteiger partial charge in [0, 0.05) is 20.2 Å². The molecule has 0 aliphatic heterocycles. The first-order chi connectivity index (χ1) is 10.4. The molecule has 0 aliphatic rings. The van der Waals surface area contributed by atoms with Gasteiger partial charge < -0.3 is 4.74 Å². The molecular weight excluding hydrogens is 276 g/mol. The monoisotopic (exact) mass is 292 g/mol. The van der Waals surface area contributed by atoms with Crippen LogP contribution < -0.4 is 4.74 Å². The van der Waals surface area contributed by atoms with Gasteiger partial charge in [-0.25, -0.2) is 0 Å². The van der Waals surface area contributed by atoms with E-state index < -0.39 is 0 Å². The molecule has 0 fully saturated rings. The molecule has 1 nitrogen and oxygen atoms in total. The summed E-state index contributed by atoms with van der Waals surface area (Å²) in [6, 6.07) is 26.8. The summed E-state index contributed by atoms with van der Waals surface area (Å²) in [4.78, 5) is 0. The van der Waals surface area contributed by atoms with E-state index in [9.17, 15) is 0 Å². The highest BCUT2D eigenvalue weighted by Crippen LogP contribution is 2.32. The number of rotatable bonds is 1. The molecule has 1 heterocycles. The van der Waals surface area contributed by atoms with Gasteiger partial charge in [-0.3, -0.25) is 0 Å². The van der Waals surface area contributed by atoms with E-state index in [4.69, 9.17) is 4.74 Å². The fourth-order valence-corrected chi connectivity index (χ4v) is 3.34. The highest BCUT2D eigenvalue weighted by molar-refractivity contribution is 7.25. The number of ether oxygens (including phenoxy) is 1. The summed E-state index contributed by atoms with van der Waals surface area (Å²) in [5, 5.41) is 2.76. The summed E-state index contributed by atoms with van der Waals surface area (Å²) >= 11 is 1.86. The van der Waals surface area contributed by atoms with Gasteiger partial charge in [0.25, 0.3) is 0 Å². The normalized spacial score (nSPS) is 10.1. The van der Waals surface area contributed by atoms with Gasteiger partial charge in [0.2, 0.25) is 0 Å². The molecule has 0 unspecified atom stereocenters. The van der Waals surface area contributed by atoms with Crippen LogP contribution >= 0.6 is 11.3 Å². The third kappa shape index (κ3) is 3.06. The first kappa shape index (κ1) is 13.7. The molecule has 0 atom stereocenters. The van der Waals surface area contributed by atoms with Gasteiger partial charge in [0.15, 0.2) is 0 Å². The van der Waals surface area contributed by atoms with Crippen LogP contribution in [0.2, 0.25) is 0 Å². The zero-order chi connectivity index (χ0) is 14.5. The minimum absolute atomic E-state index is 0.910. The number of hydrogen-bond acceptors (Lipinski definition) is 2. The number of benzene rings is 3. The second-order valence-electron chi connectivity index (χ2n) is 4.61. The molecule has 21 heavy (non-hydrogen) atoms. The number of hydrogen-bond donors (Lipinski definition) is 0. The molecule has 4 rings (SSSR count). The van der Waals surface area contributed by atoms with Crippen LogP contribution in [0.5, 0.6) is 5.75 Å². The minimum Gasteiger partial charge on any atom is -0.497 e. The van der Waals surface area contributed by atoms with E-state index in [0.717, 1.165) is 5.75 Å². The van der Waals surface area contributed by atoms with Gasteiger partial charge >= 0.3 is 0 Å². The van der Waals surface area contributed by atoms with Crippen molar-refractivity contribution in [2.24, 2.45) is 0 Å². The molecule has 1 aromatic heterocycles. The van der Waals surface area contributed by atoms with Crippen LogP contribution in [-0.4, -0.2) is 7.11 Å². The minimum atomic E-state index is 0.910. The second-order valence-corrected chi connectivity index (χ2v) is 5.70. The van der Waals surface area contributed by atoms with Crippen LogP contribution in [0.25, 0.3) is 20.2 Å². The molecule has 0 N–H and O–H groups in total. The van der Waals surface area contributed by atoms with E-state index in [0.29, 0.717) is 0 Å². The van der Waals surface area contributed by atoms with Crippen molar-refractivity contribution in [3.8, 4) is 5.75 Å². The van der Waals surface area contributed by atoms with Crippen LogP contribution in [-0.2, 0) is 0 Å². The largest absolute Gasteiger partial charge is 0.497 e. The third-order valence-corrected chi connectivity index (χ3v) is 4.41. The molecule has 0 saturated carbocycles. The van der Waals surface area contributed by atoms with Crippen molar-refractivity contribution in [1.82, 2.24) is 0 Å². The van der Waals surface area contributed by atoms with Crippen molar-refractivity contribution in [2.45, 2.75) is 0 Å². The standard InChI is InChI=1S/C12H8S.C7H8O/c1-3-7-11-9(5-1)10-6-2-4-8-12(10)13-11;1-8-7-5-3-2-4-6-7/h1-8H;2-6H,1H3. The van der Waals surface area contributed by atoms with Gasteiger partial charge in [-0.15, -0.1) is 11.3 Å². The molecule has 0 saturated heterocycles. The van der Waals surface area contributed by atoms with Crippen molar-refractivity contribution < 1.29 is 4.74 Å². The molecule has 0 radical (unpaired) electrons. The van der Waals surface area contributed by atoms with E-state index in [-0.39, 0.29) is 0 Å². The summed E-state index contributed by atoms with van der Waals surface area (Å²) in [5.74, 6) is 0.910. The Morgan fingerprint density at radius 2 is 1.10 bits per heavy atom. The Labute approximate surface area is 128 Å². The van der Waals surface area contributed by atoms with E-state index in [1.807, 2.05) is 41.7 Å². The van der Waals surface area contributed by atoms with E-state index >= 15 is 0 Å². The highest BCUT2D eigenvalue weighted by Gasteiger charge is 2.01. The number of para-hydroxylation sites is 1. The predicted molar refractivity (Wildman–Crippen MR) is 92.3 cm³/mol. The fourth-order valence-electron chi connectivity index (χ4n) is 2.23. The van der Waals surface area contributed by atoms with Crippen molar-refractivity contribution in [2.75, 3.05) is 7.11 Å².